The Balaban J connectivity index is 1.65. The Morgan fingerprint density at radius 1 is 1.39 bits per heavy atom. The predicted octanol–water partition coefficient (Wildman–Crippen LogP) is 1.93. The Morgan fingerprint density at radius 2 is 2.13 bits per heavy atom. The normalized spacial score (nSPS) is 31.1. The van der Waals surface area contributed by atoms with Crippen LogP contribution < -0.4 is 5.73 Å². The summed E-state index contributed by atoms with van der Waals surface area (Å²) < 4.78 is 4.69. The highest BCUT2D eigenvalue weighted by molar-refractivity contribution is 6.31. The monoisotopic (exact) mass is 332 g/mol. The molecule has 5 unspecified atom stereocenters. The summed E-state index contributed by atoms with van der Waals surface area (Å²) in [5, 5.41) is 10.2. The van der Waals surface area contributed by atoms with Crippen molar-refractivity contribution >= 4 is 23.5 Å². The molecular formula is C17H17ClN2O3. The van der Waals surface area contributed by atoms with Crippen LogP contribution in [0.5, 0.6) is 0 Å². The molecule has 23 heavy (non-hydrogen) atoms. The van der Waals surface area contributed by atoms with E-state index in [4.69, 9.17) is 22.1 Å². The number of rotatable bonds is 4. The van der Waals surface area contributed by atoms with Gasteiger partial charge < -0.3 is 10.5 Å². The van der Waals surface area contributed by atoms with Crippen LogP contribution in [0.2, 0.25) is 5.02 Å². The number of carbonyl (C=O) groups excluding carboxylic acids is 2. The summed E-state index contributed by atoms with van der Waals surface area (Å²) in [4.78, 5) is 23.1. The van der Waals surface area contributed by atoms with E-state index in [0.717, 1.165) is 18.4 Å². The van der Waals surface area contributed by atoms with E-state index in [0.29, 0.717) is 5.02 Å². The first-order valence-corrected chi connectivity index (χ1v) is 8.02. The molecule has 2 saturated carbocycles. The summed E-state index contributed by atoms with van der Waals surface area (Å²) in [6, 6.07) is 9.94. The maximum atomic E-state index is 11.9. The molecule has 1 aromatic carbocycles. The summed E-state index contributed by atoms with van der Waals surface area (Å²) in [7, 11) is 0. The van der Waals surface area contributed by atoms with Crippen molar-refractivity contribution in [3.05, 3.63) is 34.9 Å². The molecule has 0 saturated heterocycles. The van der Waals surface area contributed by atoms with Crippen LogP contribution in [0.1, 0.15) is 12.0 Å². The van der Waals surface area contributed by atoms with Crippen LogP contribution in [0.4, 0.5) is 0 Å². The zero-order valence-electron chi connectivity index (χ0n) is 12.4. The Bertz CT molecular complexity index is 685. The van der Waals surface area contributed by atoms with Crippen molar-refractivity contribution in [2.45, 2.75) is 12.8 Å². The first kappa shape index (κ1) is 16.0. The van der Waals surface area contributed by atoms with E-state index in [9.17, 15) is 14.9 Å². The third kappa shape index (κ3) is 2.97. The smallest absolute Gasteiger partial charge is 0.327 e. The number of carbonyl (C=O) groups is 2. The molecule has 2 fully saturated rings. The fourth-order valence-electron chi connectivity index (χ4n) is 3.91. The maximum absolute atomic E-state index is 11.9. The van der Waals surface area contributed by atoms with Crippen LogP contribution in [0, 0.1) is 40.9 Å². The predicted molar refractivity (Wildman–Crippen MR) is 83.0 cm³/mol. The van der Waals surface area contributed by atoms with Gasteiger partial charge in [0, 0.05) is 5.02 Å². The van der Waals surface area contributed by atoms with E-state index in [2.05, 4.69) is 6.07 Å². The molecule has 0 aromatic heterocycles. The van der Waals surface area contributed by atoms with Gasteiger partial charge in [0.05, 0.1) is 24.4 Å². The number of hydrogen-bond donors (Lipinski definition) is 1. The molecule has 2 N–H and O–H groups in total. The Labute approximate surface area is 139 Å². The zero-order chi connectivity index (χ0) is 16.6. The first-order chi connectivity index (χ1) is 11.1. The van der Waals surface area contributed by atoms with E-state index in [1.165, 1.54) is 0 Å². The summed E-state index contributed by atoms with van der Waals surface area (Å²) in [6.45, 7) is -0.315. The molecule has 3 rings (SSSR count). The number of esters is 2. The van der Waals surface area contributed by atoms with Gasteiger partial charge in [-0.05, 0) is 42.2 Å². The van der Waals surface area contributed by atoms with E-state index in [1.807, 2.05) is 24.3 Å². The van der Waals surface area contributed by atoms with Gasteiger partial charge >= 0.3 is 11.9 Å². The van der Waals surface area contributed by atoms with Crippen molar-refractivity contribution in [2.24, 2.45) is 35.3 Å². The van der Waals surface area contributed by atoms with Crippen LogP contribution in [0.3, 0.4) is 0 Å². The van der Waals surface area contributed by atoms with Crippen LogP contribution in [-0.4, -0.2) is 18.5 Å². The van der Waals surface area contributed by atoms with Gasteiger partial charge in [-0.3, -0.25) is 9.59 Å². The van der Waals surface area contributed by atoms with Crippen LogP contribution in [0.15, 0.2) is 24.3 Å². The molecule has 120 valence electrons. The molecule has 2 aliphatic carbocycles. The lowest BCUT2D eigenvalue weighted by molar-refractivity contribution is -0.160. The molecule has 0 radical (unpaired) electrons. The molecule has 5 atom stereocenters. The topological polar surface area (TPSA) is 93.2 Å². The lowest BCUT2D eigenvalue weighted by Crippen LogP contribution is -2.25. The summed E-state index contributed by atoms with van der Waals surface area (Å²) in [5.41, 5.74) is 6.17. The summed E-state index contributed by atoms with van der Waals surface area (Å²) in [6.07, 6.45) is 1.51. The molecule has 0 heterocycles. The van der Waals surface area contributed by atoms with Gasteiger partial charge in [-0.1, -0.05) is 29.8 Å². The largest absolute Gasteiger partial charge is 0.392 e. The van der Waals surface area contributed by atoms with E-state index >= 15 is 0 Å². The highest BCUT2D eigenvalue weighted by Crippen LogP contribution is 2.63. The fraction of sp³-hybridized carbons (Fsp3) is 0.471. The molecular weight excluding hydrogens is 316 g/mol. The third-order valence-electron chi connectivity index (χ3n) is 4.97. The molecule has 0 amide bonds. The quantitative estimate of drug-likeness (QED) is 0.671. The van der Waals surface area contributed by atoms with Crippen LogP contribution in [-0.2, 0) is 20.7 Å². The number of nitriles is 1. The number of nitrogens with two attached hydrogens (primary N) is 1. The van der Waals surface area contributed by atoms with E-state index < -0.39 is 11.9 Å². The minimum atomic E-state index is -0.721. The van der Waals surface area contributed by atoms with Crippen LogP contribution >= 0.6 is 11.6 Å². The molecule has 0 aliphatic heterocycles. The molecule has 0 spiro atoms. The average molecular weight is 333 g/mol. The Hall–Kier alpha value is -1.90. The van der Waals surface area contributed by atoms with E-state index in [1.54, 1.807) is 0 Å². The number of halogens is 1. The van der Waals surface area contributed by atoms with Gasteiger partial charge in [-0.25, -0.2) is 0 Å². The Kier molecular flexibility index (Phi) is 4.38. The summed E-state index contributed by atoms with van der Waals surface area (Å²) >= 11 is 6.19. The summed E-state index contributed by atoms with van der Waals surface area (Å²) in [5.74, 6) is -1.49. The SMILES string of the molecule is N#CC1C(Cc2ccccc2Cl)CC2C(C(=O)OC(=O)CN)C12. The Morgan fingerprint density at radius 3 is 2.78 bits per heavy atom. The molecule has 5 nitrogen and oxygen atoms in total. The van der Waals surface area contributed by atoms with Gasteiger partial charge in [0.25, 0.3) is 0 Å². The average Bonchev–Trinajstić information content (AvgIpc) is 3.13. The van der Waals surface area contributed by atoms with Gasteiger partial charge in [0.1, 0.15) is 0 Å². The number of ether oxygens (including phenoxy) is 1. The van der Waals surface area contributed by atoms with Gasteiger partial charge in [0.2, 0.25) is 0 Å². The zero-order valence-corrected chi connectivity index (χ0v) is 13.2. The van der Waals surface area contributed by atoms with Crippen molar-refractivity contribution in [3.8, 4) is 6.07 Å². The highest BCUT2D eigenvalue weighted by Gasteiger charge is 2.65. The lowest BCUT2D eigenvalue weighted by atomic mass is 9.85. The lowest BCUT2D eigenvalue weighted by Gasteiger charge is -2.19. The van der Waals surface area contributed by atoms with E-state index in [-0.39, 0.29) is 36.1 Å². The van der Waals surface area contributed by atoms with Gasteiger partial charge in [-0.2, -0.15) is 5.26 Å². The second-order valence-electron chi connectivity index (χ2n) is 6.21. The van der Waals surface area contributed by atoms with Crippen molar-refractivity contribution < 1.29 is 14.3 Å². The third-order valence-corrected chi connectivity index (χ3v) is 5.34. The number of fused-ring (bicyclic) bond motifs is 1. The van der Waals surface area contributed by atoms with Crippen molar-refractivity contribution in [3.63, 3.8) is 0 Å². The second kappa shape index (κ2) is 6.31. The number of benzene rings is 1. The van der Waals surface area contributed by atoms with Gasteiger partial charge in [-0.15, -0.1) is 0 Å². The molecule has 2 aliphatic rings. The van der Waals surface area contributed by atoms with Gasteiger partial charge in [0.15, 0.2) is 0 Å². The molecule has 0 bridgehead atoms. The first-order valence-electron chi connectivity index (χ1n) is 7.64. The fourth-order valence-corrected chi connectivity index (χ4v) is 4.12. The molecule has 1 aromatic rings. The number of hydrogen-bond acceptors (Lipinski definition) is 5. The highest BCUT2D eigenvalue weighted by atomic mass is 35.5. The second-order valence-corrected chi connectivity index (χ2v) is 6.62. The standard InChI is InChI=1S/C17H17ClN2O3/c18-13-4-2-1-3-9(13)5-10-6-11-15(12(10)7-19)16(11)17(22)23-14(21)8-20/h1-4,10-12,15-16H,5-6,8,20H2. The molecule has 6 heteroatoms. The van der Waals surface area contributed by atoms with Crippen LogP contribution in [0.25, 0.3) is 0 Å². The van der Waals surface area contributed by atoms with Crippen molar-refractivity contribution in [2.75, 3.05) is 6.54 Å². The maximum Gasteiger partial charge on any atom is 0.327 e. The number of nitrogens with zero attached hydrogens (tertiary/aromatic N) is 1. The van der Waals surface area contributed by atoms with Crippen molar-refractivity contribution in [1.29, 1.82) is 5.26 Å². The van der Waals surface area contributed by atoms with Crippen molar-refractivity contribution in [1.82, 2.24) is 0 Å². The minimum Gasteiger partial charge on any atom is -0.392 e. The minimum absolute atomic E-state index is 0.00874.